The van der Waals surface area contributed by atoms with E-state index in [1.54, 1.807) is 0 Å². The van der Waals surface area contributed by atoms with Crippen LogP contribution >= 0.6 is 11.3 Å². The van der Waals surface area contributed by atoms with Gasteiger partial charge in [0, 0.05) is 36.3 Å². The summed E-state index contributed by atoms with van der Waals surface area (Å²) in [6, 6.07) is 71.2. The van der Waals surface area contributed by atoms with Crippen molar-refractivity contribution in [3.05, 3.63) is 210 Å². The number of benzene rings is 9. The highest BCUT2D eigenvalue weighted by Crippen LogP contribution is 2.64. The summed E-state index contributed by atoms with van der Waals surface area (Å²) in [6.07, 6.45) is 0. The molecule has 12 aromatic rings. The molecule has 0 bridgehead atoms. The van der Waals surface area contributed by atoms with Gasteiger partial charge >= 0.3 is 0 Å². The molecule has 0 saturated heterocycles. The van der Waals surface area contributed by atoms with Gasteiger partial charge in [0.1, 0.15) is 0 Å². The minimum atomic E-state index is -0.369. The zero-order chi connectivity index (χ0) is 37.0. The van der Waals surface area contributed by atoms with Crippen molar-refractivity contribution in [1.29, 1.82) is 0 Å². The molecule has 2 heteroatoms. The summed E-state index contributed by atoms with van der Waals surface area (Å²) in [5, 5.41) is 10.4. The molecule has 1 nitrogen and oxygen atoms in total. The largest absolute Gasteiger partial charge is 0.308 e. The van der Waals surface area contributed by atoms with Crippen molar-refractivity contribution >= 4 is 80.4 Å². The zero-order valence-corrected chi connectivity index (χ0v) is 31.6. The molecular weight excluding hydrogens is 707 g/mol. The van der Waals surface area contributed by atoms with Gasteiger partial charge in [-0.05, 0) is 102 Å². The van der Waals surface area contributed by atoms with E-state index in [2.05, 4.69) is 192 Å². The molecular formula is C55H31NS. The van der Waals surface area contributed by atoms with Crippen LogP contribution in [0.15, 0.2) is 188 Å². The minimum absolute atomic E-state index is 0.369. The Bertz CT molecular complexity index is 3720. The monoisotopic (exact) mass is 737 g/mol. The second kappa shape index (κ2) is 10.6. The summed E-state index contributed by atoms with van der Waals surface area (Å²) in [5.41, 5.74) is 16.7. The molecule has 0 N–H and O–H groups in total. The summed E-state index contributed by atoms with van der Waals surface area (Å²) in [6.45, 7) is 0. The fourth-order valence-corrected chi connectivity index (χ4v) is 12.5. The highest BCUT2D eigenvalue weighted by atomic mass is 32.1. The number of rotatable bonds is 1. The average Bonchev–Trinajstić information content (AvgIpc) is 4.00. The first-order valence-electron chi connectivity index (χ1n) is 19.9. The molecule has 0 atom stereocenters. The van der Waals surface area contributed by atoms with Crippen LogP contribution in [0.1, 0.15) is 22.3 Å². The first-order valence-corrected chi connectivity index (χ1v) is 20.7. The van der Waals surface area contributed by atoms with Crippen LogP contribution in [0.4, 0.5) is 0 Å². The Balaban J connectivity index is 1.13. The normalized spacial score (nSPS) is 13.8. The lowest BCUT2D eigenvalue weighted by Gasteiger charge is -2.30. The van der Waals surface area contributed by atoms with Crippen molar-refractivity contribution in [3.8, 4) is 33.4 Å². The van der Waals surface area contributed by atoms with Crippen LogP contribution in [0.25, 0.3) is 102 Å². The van der Waals surface area contributed by atoms with Crippen LogP contribution in [-0.4, -0.2) is 4.40 Å². The zero-order valence-electron chi connectivity index (χ0n) is 30.8. The molecule has 1 spiro atoms. The van der Waals surface area contributed by atoms with Crippen LogP contribution in [0.3, 0.4) is 0 Å². The summed E-state index contributed by atoms with van der Waals surface area (Å²) in [5.74, 6) is 0. The summed E-state index contributed by atoms with van der Waals surface area (Å²) in [4.78, 5) is 0. The number of hydrogen-bond acceptors (Lipinski definition) is 1. The molecule has 0 unspecified atom stereocenters. The minimum Gasteiger partial charge on any atom is -0.308 e. The molecule has 2 aliphatic carbocycles. The van der Waals surface area contributed by atoms with E-state index in [4.69, 9.17) is 0 Å². The van der Waals surface area contributed by atoms with Gasteiger partial charge in [-0.25, -0.2) is 0 Å². The van der Waals surface area contributed by atoms with Crippen molar-refractivity contribution in [2.75, 3.05) is 0 Å². The molecule has 262 valence electrons. The summed E-state index contributed by atoms with van der Waals surface area (Å²) in [7, 11) is 0. The Morgan fingerprint density at radius 1 is 0.351 bits per heavy atom. The fraction of sp³-hybridized carbons (Fsp3) is 0.0182. The first kappa shape index (κ1) is 30.2. The van der Waals surface area contributed by atoms with Crippen molar-refractivity contribution in [3.63, 3.8) is 0 Å². The maximum atomic E-state index is 2.57. The Morgan fingerprint density at radius 3 is 1.65 bits per heavy atom. The molecule has 0 amide bonds. The molecule has 0 aliphatic heterocycles. The molecule has 2 aliphatic rings. The molecule has 0 radical (unpaired) electrons. The highest BCUT2D eigenvalue weighted by Gasteiger charge is 2.51. The molecule has 0 saturated carbocycles. The standard InChI is InChI=1S/C55H31NS/c1-2-14-35-34(13-1)38-19-11-27-49-52(38)53-48(26-12-28-50(53)57-49)56-47-30-29-32(31-42(47)40-21-9-20-39(35)54(40)56)33-18-10-25-46-51(33)41-17-5-8-24-45(41)55(46)43-22-6-3-15-36(43)37-16-4-7-23-44(37)55/h1-31H. The third kappa shape index (κ3) is 3.58. The number of nitrogens with zero attached hydrogens (tertiary/aromatic N) is 1. The highest BCUT2D eigenvalue weighted by molar-refractivity contribution is 7.26. The Labute approximate surface area is 332 Å². The van der Waals surface area contributed by atoms with E-state index in [-0.39, 0.29) is 5.41 Å². The predicted octanol–water partition coefficient (Wildman–Crippen LogP) is 14.9. The molecule has 0 fully saturated rings. The van der Waals surface area contributed by atoms with E-state index in [0.717, 1.165) is 0 Å². The Hall–Kier alpha value is -7.00. The molecule has 9 aromatic carbocycles. The lowest BCUT2D eigenvalue weighted by Crippen LogP contribution is -2.25. The Morgan fingerprint density at radius 2 is 0.877 bits per heavy atom. The van der Waals surface area contributed by atoms with Gasteiger partial charge < -0.3 is 4.40 Å². The van der Waals surface area contributed by atoms with Gasteiger partial charge in [0.15, 0.2) is 0 Å². The van der Waals surface area contributed by atoms with Gasteiger partial charge in [-0.15, -0.1) is 11.3 Å². The first-order chi connectivity index (χ1) is 28.3. The molecule has 14 rings (SSSR count). The van der Waals surface area contributed by atoms with Crippen molar-refractivity contribution in [2.24, 2.45) is 0 Å². The second-order valence-electron chi connectivity index (χ2n) is 15.9. The third-order valence-corrected chi connectivity index (χ3v) is 14.5. The quantitative estimate of drug-likeness (QED) is 0.158. The van der Waals surface area contributed by atoms with E-state index >= 15 is 0 Å². The van der Waals surface area contributed by atoms with Crippen LogP contribution in [-0.2, 0) is 5.41 Å². The third-order valence-electron chi connectivity index (χ3n) is 13.4. The van der Waals surface area contributed by atoms with E-state index in [1.807, 2.05) is 11.3 Å². The lowest BCUT2D eigenvalue weighted by atomic mass is 9.70. The van der Waals surface area contributed by atoms with Crippen LogP contribution in [0, 0.1) is 0 Å². The van der Waals surface area contributed by atoms with Gasteiger partial charge in [-0.1, -0.05) is 158 Å². The van der Waals surface area contributed by atoms with Gasteiger partial charge in [0.05, 0.1) is 22.0 Å². The molecule has 3 aromatic heterocycles. The smallest absolute Gasteiger partial charge is 0.0725 e. The van der Waals surface area contributed by atoms with Gasteiger partial charge in [0.25, 0.3) is 0 Å². The van der Waals surface area contributed by atoms with Crippen LogP contribution < -0.4 is 0 Å². The summed E-state index contributed by atoms with van der Waals surface area (Å²) < 4.78 is 5.22. The van der Waals surface area contributed by atoms with E-state index < -0.39 is 0 Å². The van der Waals surface area contributed by atoms with Crippen LogP contribution in [0.5, 0.6) is 0 Å². The van der Waals surface area contributed by atoms with Gasteiger partial charge in [0.2, 0.25) is 0 Å². The second-order valence-corrected chi connectivity index (χ2v) is 16.9. The van der Waals surface area contributed by atoms with E-state index in [0.29, 0.717) is 0 Å². The topological polar surface area (TPSA) is 4.41 Å². The molecule has 3 heterocycles. The Kier molecular flexibility index (Phi) is 5.65. The maximum Gasteiger partial charge on any atom is 0.0725 e. The number of thiophene rings is 1. The number of aromatic nitrogens is 1. The summed E-state index contributed by atoms with van der Waals surface area (Å²) >= 11 is 1.90. The maximum absolute atomic E-state index is 2.57. The lowest BCUT2D eigenvalue weighted by molar-refractivity contribution is 0.794. The fourth-order valence-electron chi connectivity index (χ4n) is 11.3. The SMILES string of the molecule is c1ccc2c(c1)-c1ccccc1C21c2ccccc2-c2c(-c3ccc4c(c3)c3cccc5c6ccccc6c6cccc7sc8cccc(c8c76)n4c53)cccc21. The van der Waals surface area contributed by atoms with Gasteiger partial charge in [-0.2, -0.15) is 0 Å². The van der Waals surface area contributed by atoms with E-state index in [9.17, 15) is 0 Å². The number of hydrogen-bond donors (Lipinski definition) is 0. The van der Waals surface area contributed by atoms with Crippen molar-refractivity contribution < 1.29 is 0 Å². The van der Waals surface area contributed by atoms with E-state index in [1.165, 1.54) is 125 Å². The van der Waals surface area contributed by atoms with Crippen LogP contribution in [0.2, 0.25) is 0 Å². The average molecular weight is 738 g/mol. The number of para-hydroxylation sites is 1. The number of fused-ring (bicyclic) bond motifs is 17. The predicted molar refractivity (Wildman–Crippen MR) is 242 cm³/mol. The molecule has 57 heavy (non-hydrogen) atoms. The van der Waals surface area contributed by atoms with Crippen molar-refractivity contribution in [1.82, 2.24) is 4.40 Å². The van der Waals surface area contributed by atoms with Crippen molar-refractivity contribution in [2.45, 2.75) is 5.41 Å². The van der Waals surface area contributed by atoms with Gasteiger partial charge in [-0.3, -0.25) is 0 Å².